The van der Waals surface area contributed by atoms with Crippen molar-refractivity contribution in [1.29, 1.82) is 0 Å². The van der Waals surface area contributed by atoms with Crippen molar-refractivity contribution >= 4 is 17.5 Å². The number of ether oxygens (including phenoxy) is 1. The molecular weight excluding hydrogens is 407 g/mol. The minimum atomic E-state index is -0.525. The first-order chi connectivity index (χ1) is 14.5. The van der Waals surface area contributed by atoms with Gasteiger partial charge < -0.3 is 9.64 Å². The Morgan fingerprint density at radius 2 is 1.90 bits per heavy atom. The van der Waals surface area contributed by atoms with Crippen molar-refractivity contribution in [3.63, 3.8) is 0 Å². The first kappa shape index (κ1) is 20.2. The molecule has 2 atom stereocenters. The fourth-order valence-electron chi connectivity index (χ4n) is 3.61. The number of halogens is 2. The molecule has 0 radical (unpaired) electrons. The maximum atomic E-state index is 13.4. The van der Waals surface area contributed by atoms with Gasteiger partial charge in [-0.2, -0.15) is 0 Å². The maximum Gasteiger partial charge on any atom is 0.254 e. The summed E-state index contributed by atoms with van der Waals surface area (Å²) >= 11 is 5.89. The molecule has 1 aliphatic heterocycles. The van der Waals surface area contributed by atoms with Gasteiger partial charge >= 0.3 is 0 Å². The van der Waals surface area contributed by atoms with Gasteiger partial charge in [-0.3, -0.25) is 4.79 Å². The Balaban J connectivity index is 1.57. The van der Waals surface area contributed by atoms with Crippen LogP contribution in [0, 0.1) is 5.82 Å². The molecule has 4 rings (SSSR count). The van der Waals surface area contributed by atoms with E-state index in [2.05, 4.69) is 15.0 Å². The molecule has 3 heterocycles. The van der Waals surface area contributed by atoms with E-state index in [-0.39, 0.29) is 18.1 Å². The third-order valence-electron chi connectivity index (χ3n) is 5.17. The average Bonchev–Trinajstić information content (AvgIpc) is 2.77. The molecule has 1 aromatic carbocycles. The molecule has 0 bridgehead atoms. The Morgan fingerprint density at radius 3 is 2.63 bits per heavy atom. The van der Waals surface area contributed by atoms with Crippen molar-refractivity contribution in [3.8, 4) is 17.3 Å². The van der Waals surface area contributed by atoms with Gasteiger partial charge in [0, 0.05) is 24.4 Å². The molecule has 30 heavy (non-hydrogen) atoms. The van der Waals surface area contributed by atoms with Crippen LogP contribution in [-0.2, 0) is 0 Å². The summed E-state index contributed by atoms with van der Waals surface area (Å²) in [7, 11) is 0. The molecule has 8 heteroatoms. The minimum absolute atomic E-state index is 0.136. The van der Waals surface area contributed by atoms with Crippen LogP contribution in [-0.4, -0.2) is 44.4 Å². The lowest BCUT2D eigenvalue weighted by atomic mass is 9.97. The molecule has 1 amide bonds. The van der Waals surface area contributed by atoms with Gasteiger partial charge in [0.1, 0.15) is 6.10 Å². The van der Waals surface area contributed by atoms with Gasteiger partial charge in [-0.05, 0) is 31.9 Å². The monoisotopic (exact) mass is 426 g/mol. The second-order valence-electron chi connectivity index (χ2n) is 7.12. The van der Waals surface area contributed by atoms with E-state index in [0.717, 1.165) is 25.2 Å². The van der Waals surface area contributed by atoms with Crippen LogP contribution in [0.1, 0.15) is 30.1 Å². The molecule has 0 N–H and O–H groups in total. The molecule has 1 fully saturated rings. The summed E-state index contributed by atoms with van der Waals surface area (Å²) in [4.78, 5) is 27.5. The van der Waals surface area contributed by atoms with Crippen molar-refractivity contribution in [2.45, 2.75) is 31.9 Å². The molecule has 0 saturated carbocycles. The average molecular weight is 427 g/mol. The number of hydrogen-bond donors (Lipinski definition) is 0. The Bertz CT molecular complexity index is 1030. The lowest BCUT2D eigenvalue weighted by Gasteiger charge is -2.39. The Kier molecular flexibility index (Phi) is 5.90. The lowest BCUT2D eigenvalue weighted by molar-refractivity contribution is 0.0267. The van der Waals surface area contributed by atoms with E-state index in [1.165, 1.54) is 6.20 Å². The third kappa shape index (κ3) is 4.26. The van der Waals surface area contributed by atoms with Gasteiger partial charge in [0.2, 0.25) is 5.88 Å². The topological polar surface area (TPSA) is 68.2 Å². The minimum Gasteiger partial charge on any atom is -0.472 e. The Labute approximate surface area is 178 Å². The summed E-state index contributed by atoms with van der Waals surface area (Å²) in [6.45, 7) is 2.58. The number of pyridine rings is 1. The Hall–Kier alpha value is -3.06. The van der Waals surface area contributed by atoms with E-state index in [1.54, 1.807) is 41.3 Å². The van der Waals surface area contributed by atoms with Crippen LogP contribution in [0.2, 0.25) is 5.02 Å². The molecule has 6 nitrogen and oxygen atoms in total. The number of rotatable bonds is 4. The van der Waals surface area contributed by atoms with E-state index in [4.69, 9.17) is 16.3 Å². The van der Waals surface area contributed by atoms with E-state index >= 15 is 0 Å². The van der Waals surface area contributed by atoms with Gasteiger partial charge in [0.05, 0.1) is 29.0 Å². The van der Waals surface area contributed by atoms with Crippen LogP contribution in [0.25, 0.3) is 11.4 Å². The normalized spacial score (nSPS) is 18.8. The molecule has 0 aliphatic carbocycles. The lowest BCUT2D eigenvalue weighted by Crippen LogP contribution is -2.51. The summed E-state index contributed by atoms with van der Waals surface area (Å²) in [5.74, 6) is 0.125. The zero-order valence-corrected chi connectivity index (χ0v) is 17.1. The van der Waals surface area contributed by atoms with Gasteiger partial charge in [-0.25, -0.2) is 19.3 Å². The zero-order chi connectivity index (χ0) is 21.1. The smallest absolute Gasteiger partial charge is 0.254 e. The first-order valence-electron chi connectivity index (χ1n) is 9.69. The predicted molar refractivity (Wildman–Crippen MR) is 111 cm³/mol. The van der Waals surface area contributed by atoms with Crippen molar-refractivity contribution in [3.05, 3.63) is 71.4 Å². The summed E-state index contributed by atoms with van der Waals surface area (Å²) in [6.07, 6.45) is 5.16. The Morgan fingerprint density at radius 1 is 1.13 bits per heavy atom. The number of benzene rings is 1. The summed E-state index contributed by atoms with van der Waals surface area (Å²) in [5.41, 5.74) is 1.04. The van der Waals surface area contributed by atoms with Crippen molar-refractivity contribution in [2.75, 3.05) is 6.54 Å². The molecular formula is C22H20ClFN4O2. The number of carbonyl (C=O) groups excluding carboxylic acids is 1. The van der Waals surface area contributed by atoms with Crippen molar-refractivity contribution in [1.82, 2.24) is 19.9 Å². The zero-order valence-electron chi connectivity index (χ0n) is 16.3. The maximum absolute atomic E-state index is 13.4. The predicted octanol–water partition coefficient (Wildman–Crippen LogP) is 4.40. The number of hydrogen-bond acceptors (Lipinski definition) is 5. The molecule has 1 aliphatic rings. The second kappa shape index (κ2) is 8.75. The van der Waals surface area contributed by atoms with Gasteiger partial charge in [0.25, 0.3) is 5.91 Å². The molecule has 3 aromatic rings. The summed E-state index contributed by atoms with van der Waals surface area (Å²) < 4.78 is 19.3. The summed E-state index contributed by atoms with van der Waals surface area (Å²) in [6, 6.07) is 10.4. The SMILES string of the molecule is CC1C(Oc2ccc(Cl)cn2)CCCN1C(=O)c1ccccc1-c1ncc(F)cn1. The first-order valence-corrected chi connectivity index (χ1v) is 10.1. The summed E-state index contributed by atoms with van der Waals surface area (Å²) in [5, 5.41) is 0.537. The van der Waals surface area contributed by atoms with Crippen molar-refractivity contribution in [2.24, 2.45) is 0 Å². The van der Waals surface area contributed by atoms with E-state index in [1.807, 2.05) is 6.92 Å². The highest BCUT2D eigenvalue weighted by Crippen LogP contribution is 2.27. The molecule has 0 spiro atoms. The quantitative estimate of drug-likeness (QED) is 0.618. The highest BCUT2D eigenvalue weighted by molar-refractivity contribution is 6.30. The number of piperidine rings is 1. The van der Waals surface area contributed by atoms with Crippen LogP contribution >= 0.6 is 11.6 Å². The third-order valence-corrected chi connectivity index (χ3v) is 5.39. The van der Waals surface area contributed by atoms with Crippen LogP contribution in [0.3, 0.4) is 0 Å². The van der Waals surface area contributed by atoms with E-state index in [0.29, 0.717) is 34.4 Å². The number of nitrogens with zero attached hydrogens (tertiary/aromatic N) is 4. The molecule has 2 unspecified atom stereocenters. The molecule has 154 valence electrons. The highest BCUT2D eigenvalue weighted by Gasteiger charge is 2.34. The fourth-order valence-corrected chi connectivity index (χ4v) is 3.72. The number of aromatic nitrogens is 3. The standard InChI is InChI=1S/C22H20ClFN4O2/c1-14-19(30-20-9-8-15(23)11-25-20)7-4-10-28(14)22(29)18-6-3-2-5-17(18)21-26-12-16(24)13-27-21/h2-3,5-6,8-9,11-14,19H,4,7,10H2,1H3. The van der Waals surface area contributed by atoms with Gasteiger partial charge in [0.15, 0.2) is 11.6 Å². The van der Waals surface area contributed by atoms with Crippen LogP contribution < -0.4 is 4.74 Å². The van der Waals surface area contributed by atoms with Crippen molar-refractivity contribution < 1.29 is 13.9 Å². The van der Waals surface area contributed by atoms with Crippen LogP contribution in [0.15, 0.2) is 55.0 Å². The molecule has 1 saturated heterocycles. The fraction of sp³-hybridized carbons (Fsp3) is 0.273. The highest BCUT2D eigenvalue weighted by atomic mass is 35.5. The number of carbonyl (C=O) groups is 1. The number of amides is 1. The van der Waals surface area contributed by atoms with Gasteiger partial charge in [-0.1, -0.05) is 29.8 Å². The van der Waals surface area contributed by atoms with Gasteiger partial charge in [-0.15, -0.1) is 0 Å². The van der Waals surface area contributed by atoms with E-state index in [9.17, 15) is 9.18 Å². The van der Waals surface area contributed by atoms with Crippen LogP contribution in [0.5, 0.6) is 5.88 Å². The van der Waals surface area contributed by atoms with E-state index < -0.39 is 5.82 Å². The second-order valence-corrected chi connectivity index (χ2v) is 7.56. The van der Waals surface area contributed by atoms with Crippen LogP contribution in [0.4, 0.5) is 4.39 Å². The largest absolute Gasteiger partial charge is 0.472 e. The number of likely N-dealkylation sites (tertiary alicyclic amines) is 1. The molecule has 2 aromatic heterocycles.